The number of allylic oxidation sites excluding steroid dienone is 2. The first-order valence-corrected chi connectivity index (χ1v) is 9.80. The summed E-state index contributed by atoms with van der Waals surface area (Å²) in [5, 5.41) is 0. The van der Waals surface area contributed by atoms with Gasteiger partial charge in [-0.2, -0.15) is 22.0 Å². The van der Waals surface area contributed by atoms with E-state index in [0.717, 1.165) is 24.1 Å². The lowest BCUT2D eigenvalue weighted by molar-refractivity contribution is -0.140. The van der Waals surface area contributed by atoms with E-state index >= 15 is 0 Å². The average molecular weight is 457 g/mol. The van der Waals surface area contributed by atoms with E-state index in [1.54, 1.807) is 13.0 Å². The molecule has 1 fully saturated rings. The van der Waals surface area contributed by atoms with E-state index in [9.17, 15) is 26.7 Å². The number of aliphatic imine (C=N–C) groups is 1. The van der Waals surface area contributed by atoms with E-state index < -0.39 is 29.3 Å². The summed E-state index contributed by atoms with van der Waals surface area (Å²) in [6.07, 6.45) is 0.254. The number of pyridine rings is 1. The van der Waals surface area contributed by atoms with E-state index in [1.165, 1.54) is 12.3 Å². The number of aromatic nitrogens is 1. The number of alkyl halides is 5. The second-order valence-corrected chi connectivity index (χ2v) is 7.33. The summed E-state index contributed by atoms with van der Waals surface area (Å²) in [6.45, 7) is 9.37. The van der Waals surface area contributed by atoms with Crippen molar-refractivity contribution >= 4 is 11.6 Å². The topological polar surface area (TPSA) is 54.8 Å². The Kier molecular flexibility index (Phi) is 7.92. The zero-order valence-corrected chi connectivity index (χ0v) is 17.8. The number of hydrogen-bond acceptors (Lipinski definition) is 4. The molecule has 2 rings (SSSR count). The molecule has 1 aromatic rings. The normalized spacial score (nSPS) is 16.3. The van der Waals surface area contributed by atoms with Gasteiger partial charge >= 0.3 is 6.18 Å². The van der Waals surface area contributed by atoms with Crippen LogP contribution < -0.4 is 4.74 Å². The zero-order valence-electron chi connectivity index (χ0n) is 17.8. The Morgan fingerprint density at radius 1 is 1.22 bits per heavy atom. The van der Waals surface area contributed by atoms with Gasteiger partial charge < -0.3 is 9.64 Å². The Hall–Kier alpha value is -3.04. The number of amides is 1. The Morgan fingerprint density at radius 3 is 2.31 bits per heavy atom. The maximum Gasteiger partial charge on any atom is 0.421 e. The van der Waals surface area contributed by atoms with Gasteiger partial charge in [-0.3, -0.25) is 14.8 Å². The van der Waals surface area contributed by atoms with Crippen molar-refractivity contribution in [2.24, 2.45) is 10.9 Å². The number of halogens is 5. The van der Waals surface area contributed by atoms with Gasteiger partial charge in [0.1, 0.15) is 22.8 Å². The molecule has 1 aliphatic heterocycles. The Bertz CT molecular complexity index is 907. The van der Waals surface area contributed by atoms with Crippen molar-refractivity contribution in [2.75, 3.05) is 13.1 Å². The molecule has 0 aliphatic carbocycles. The highest BCUT2D eigenvalue weighted by molar-refractivity contribution is 6.01. The van der Waals surface area contributed by atoms with E-state index in [1.807, 2.05) is 0 Å². The number of ether oxygens (including phenoxy) is 1. The maximum atomic E-state index is 13.3. The Labute approximate surface area is 183 Å². The molecule has 0 bridgehead atoms. The molecular formula is C22H24F5N3O2. The van der Waals surface area contributed by atoms with Crippen LogP contribution in [0.4, 0.5) is 22.0 Å². The smallest absolute Gasteiger partial charge is 0.421 e. The molecule has 5 nitrogen and oxygen atoms in total. The van der Waals surface area contributed by atoms with Crippen LogP contribution in [0.5, 0.6) is 5.75 Å². The molecule has 174 valence electrons. The number of rotatable bonds is 7. The largest absolute Gasteiger partial charge is 0.454 e. The molecule has 0 saturated carbocycles. The zero-order chi connectivity index (χ0) is 24.1. The van der Waals surface area contributed by atoms with Gasteiger partial charge in [-0.1, -0.05) is 19.2 Å². The van der Waals surface area contributed by atoms with Gasteiger partial charge in [0.2, 0.25) is 0 Å². The number of likely N-dealkylation sites (tertiary alicyclic amines) is 1. The van der Waals surface area contributed by atoms with E-state index in [4.69, 9.17) is 4.74 Å². The van der Waals surface area contributed by atoms with Crippen LogP contribution in [-0.4, -0.2) is 40.8 Å². The lowest BCUT2D eigenvalue weighted by atomic mass is 9.90. The number of nitrogens with zero attached hydrogens (tertiary/aromatic N) is 3. The second kappa shape index (κ2) is 10.1. The molecule has 1 saturated heterocycles. The Balaban J connectivity index is 2.09. The quantitative estimate of drug-likeness (QED) is 0.238. The SMILES string of the molecule is C=C(Oc1ccc(C(C)(F)F)nc1)C(=N/C=C\C)C1CCN(C(=O)C(=C)C(F)(F)F)CC1. The number of carbonyl (C=O) groups is 1. The van der Waals surface area contributed by atoms with Gasteiger partial charge in [-0.15, -0.1) is 0 Å². The van der Waals surface area contributed by atoms with Crippen LogP contribution in [0.25, 0.3) is 0 Å². The molecule has 0 aromatic carbocycles. The molecular weight excluding hydrogens is 433 g/mol. The summed E-state index contributed by atoms with van der Waals surface area (Å²) in [6, 6.07) is 2.48. The van der Waals surface area contributed by atoms with E-state index in [2.05, 4.69) is 23.1 Å². The molecule has 0 radical (unpaired) electrons. The molecule has 1 aromatic heterocycles. The lowest BCUT2D eigenvalue weighted by Gasteiger charge is -2.33. The number of hydrogen-bond donors (Lipinski definition) is 0. The predicted molar refractivity (Wildman–Crippen MR) is 110 cm³/mol. The first-order valence-electron chi connectivity index (χ1n) is 9.80. The summed E-state index contributed by atoms with van der Waals surface area (Å²) in [5.74, 6) is -4.11. The van der Waals surface area contributed by atoms with Gasteiger partial charge in [0.15, 0.2) is 0 Å². The first-order chi connectivity index (χ1) is 14.8. The van der Waals surface area contributed by atoms with Gasteiger partial charge in [0.05, 0.1) is 11.9 Å². The number of carbonyl (C=O) groups excluding carboxylic acids is 1. The fourth-order valence-corrected chi connectivity index (χ4v) is 3.12. The highest BCUT2D eigenvalue weighted by Gasteiger charge is 2.40. The minimum Gasteiger partial charge on any atom is -0.454 e. The summed E-state index contributed by atoms with van der Waals surface area (Å²) in [4.78, 5) is 21.2. The third-order valence-electron chi connectivity index (χ3n) is 4.84. The summed E-state index contributed by atoms with van der Waals surface area (Å²) < 4.78 is 70.5. The summed E-state index contributed by atoms with van der Waals surface area (Å²) in [5.41, 5.74) is -1.36. The van der Waals surface area contributed by atoms with Gasteiger partial charge in [-0.25, -0.2) is 0 Å². The molecule has 10 heteroatoms. The molecule has 0 N–H and O–H groups in total. The van der Waals surface area contributed by atoms with Crippen molar-refractivity contribution < 1.29 is 31.5 Å². The summed E-state index contributed by atoms with van der Waals surface area (Å²) >= 11 is 0. The van der Waals surface area contributed by atoms with Crippen LogP contribution in [0.2, 0.25) is 0 Å². The highest BCUT2D eigenvalue weighted by atomic mass is 19.4. The van der Waals surface area contributed by atoms with Crippen LogP contribution in [0.1, 0.15) is 32.4 Å². The van der Waals surface area contributed by atoms with Crippen molar-refractivity contribution in [2.45, 2.75) is 38.8 Å². The third kappa shape index (κ3) is 6.48. The third-order valence-corrected chi connectivity index (χ3v) is 4.84. The molecule has 1 amide bonds. The highest BCUT2D eigenvalue weighted by Crippen LogP contribution is 2.30. The summed E-state index contributed by atoms with van der Waals surface area (Å²) in [7, 11) is 0. The standard InChI is InChI=1S/C22H24F5N3O2/c1-5-10-28-19(15(3)32-17-6-7-18(29-13-17)21(4,23)24)16-8-11-30(12-9-16)20(31)14(2)22(25,26)27/h5-7,10,13,16H,2-3,8-9,11-12H2,1,4H3/b10-5-,28-19?. The van der Waals surface area contributed by atoms with Crippen molar-refractivity contribution in [3.05, 3.63) is 60.8 Å². The molecule has 0 atom stereocenters. The second-order valence-electron chi connectivity index (χ2n) is 7.33. The molecule has 0 spiro atoms. The van der Waals surface area contributed by atoms with Gasteiger partial charge in [-0.05, 0) is 31.9 Å². The van der Waals surface area contributed by atoms with Crippen molar-refractivity contribution in [3.8, 4) is 5.75 Å². The fourth-order valence-electron chi connectivity index (χ4n) is 3.12. The van der Waals surface area contributed by atoms with E-state index in [-0.39, 0.29) is 30.5 Å². The Morgan fingerprint density at radius 2 is 1.84 bits per heavy atom. The van der Waals surface area contributed by atoms with Crippen LogP contribution in [0.3, 0.4) is 0 Å². The van der Waals surface area contributed by atoms with Crippen molar-refractivity contribution in [3.63, 3.8) is 0 Å². The van der Waals surface area contributed by atoms with Gasteiger partial charge in [0, 0.05) is 32.1 Å². The van der Waals surface area contributed by atoms with Crippen molar-refractivity contribution in [1.29, 1.82) is 0 Å². The van der Waals surface area contributed by atoms with Crippen LogP contribution >= 0.6 is 0 Å². The van der Waals surface area contributed by atoms with Crippen LogP contribution in [0, 0.1) is 5.92 Å². The minimum absolute atomic E-state index is 0.0859. The molecule has 1 aliphatic rings. The molecule has 32 heavy (non-hydrogen) atoms. The molecule has 2 heterocycles. The van der Waals surface area contributed by atoms with E-state index in [0.29, 0.717) is 18.6 Å². The maximum absolute atomic E-state index is 13.3. The van der Waals surface area contributed by atoms with Gasteiger partial charge in [0.25, 0.3) is 11.8 Å². The minimum atomic E-state index is -4.78. The number of piperidine rings is 1. The first kappa shape index (κ1) is 25.2. The van der Waals surface area contributed by atoms with Crippen molar-refractivity contribution in [1.82, 2.24) is 9.88 Å². The van der Waals surface area contributed by atoms with Crippen LogP contribution in [-0.2, 0) is 10.7 Å². The van der Waals surface area contributed by atoms with Crippen LogP contribution in [0.15, 0.2) is 60.1 Å². The monoisotopic (exact) mass is 457 g/mol. The lowest BCUT2D eigenvalue weighted by Crippen LogP contribution is -2.43. The fraction of sp³-hybridized carbons (Fsp3) is 0.409. The molecule has 0 unspecified atom stereocenters. The average Bonchev–Trinajstić information content (AvgIpc) is 2.72. The predicted octanol–water partition coefficient (Wildman–Crippen LogP) is 5.42.